The number of carboxylic acid groups (broad SMARTS) is 1. The number of piperidine rings is 2. The maximum Gasteiger partial charge on any atom is 0.300 e. The Kier molecular flexibility index (Phi) is 16.9. The number of carbonyl (C=O) groups is 3. The van der Waals surface area contributed by atoms with Crippen LogP contribution in [0.2, 0.25) is 0 Å². The van der Waals surface area contributed by atoms with Gasteiger partial charge in [-0.2, -0.15) is 21.0 Å². The zero-order valence-electron chi connectivity index (χ0n) is 37.6. The summed E-state index contributed by atoms with van der Waals surface area (Å²) in [6.07, 6.45) is 2.61. The van der Waals surface area contributed by atoms with Crippen molar-refractivity contribution in [2.24, 2.45) is 32.9 Å². The van der Waals surface area contributed by atoms with Crippen LogP contribution in [0, 0.1) is 7.05 Å². The first-order chi connectivity index (χ1) is 32.7. The molecule has 1 radical (unpaired) electrons. The molecule has 68 heavy (non-hydrogen) atoms. The molecule has 369 valence electrons. The number of hydrazine groups is 6. The number of piperazine rings is 1. The SMILES string of the molecule is CC(=O)O.[CH2]NNNCN1CNNNCNC2=NC(N)=C(C1=O)N(N1CCC(c3nc(C4CCN(N5C(C(N)=O)=C(N)N=C(N)C5Cl)CC4)nc(N4CCN(c5ccccc5)CC4)n3)CC1)C2Cl. The zero-order chi connectivity index (χ0) is 48.5. The van der Waals surface area contributed by atoms with Crippen molar-refractivity contribution in [1.82, 2.24) is 78.0 Å². The van der Waals surface area contributed by atoms with E-state index in [-0.39, 0.29) is 60.7 Å². The number of rotatable bonds is 11. The van der Waals surface area contributed by atoms with Gasteiger partial charge >= 0.3 is 0 Å². The van der Waals surface area contributed by atoms with E-state index in [9.17, 15) is 9.59 Å². The third-order valence-electron chi connectivity index (χ3n) is 11.9. The molecule has 9 rings (SSSR count). The molecule has 0 aliphatic carbocycles. The summed E-state index contributed by atoms with van der Waals surface area (Å²) in [5.74, 6) is 0.445. The molecule has 0 spiro atoms. The summed E-state index contributed by atoms with van der Waals surface area (Å²) < 4.78 is 0. The van der Waals surface area contributed by atoms with Crippen LogP contribution in [0.5, 0.6) is 0 Å². The number of aromatic nitrogens is 3. The molecule has 29 heteroatoms. The number of fused-ring (bicyclic) bond motifs is 9. The lowest BCUT2D eigenvalue weighted by molar-refractivity contribution is -0.135. The van der Waals surface area contributed by atoms with Crippen LogP contribution in [-0.2, 0) is 14.4 Å². The predicted octanol–water partition coefficient (Wildman–Crippen LogP) is -2.97. The van der Waals surface area contributed by atoms with E-state index in [1.165, 1.54) is 10.6 Å². The number of carbonyl (C=O) groups excluding carboxylic acids is 2. The predicted molar refractivity (Wildman–Crippen MR) is 253 cm³/mol. The van der Waals surface area contributed by atoms with Gasteiger partial charge in [-0.1, -0.05) is 41.4 Å². The summed E-state index contributed by atoms with van der Waals surface area (Å²) in [5.41, 5.74) is 41.0. The number of carboxylic acids is 1. The summed E-state index contributed by atoms with van der Waals surface area (Å²) in [5, 5.41) is 17.9. The first-order valence-electron chi connectivity index (χ1n) is 22.1. The Morgan fingerprint density at radius 1 is 0.824 bits per heavy atom. The number of anilines is 2. The summed E-state index contributed by atoms with van der Waals surface area (Å²) in [6.45, 7) is 6.62. The Morgan fingerprint density at radius 3 is 2.00 bits per heavy atom. The van der Waals surface area contributed by atoms with Crippen LogP contribution >= 0.6 is 23.2 Å². The van der Waals surface area contributed by atoms with Gasteiger partial charge in [-0.15, -0.1) is 0 Å². The van der Waals surface area contributed by atoms with Gasteiger partial charge in [-0.05, 0) is 37.8 Å². The van der Waals surface area contributed by atoms with Crippen molar-refractivity contribution in [3.63, 3.8) is 0 Å². The Labute approximate surface area is 403 Å². The van der Waals surface area contributed by atoms with E-state index in [1.54, 1.807) is 10.0 Å². The first-order valence-corrected chi connectivity index (χ1v) is 22.9. The molecule has 2 atom stereocenters. The zero-order valence-corrected chi connectivity index (χ0v) is 39.1. The average Bonchev–Trinajstić information content (AvgIpc) is 3.33. The van der Waals surface area contributed by atoms with Gasteiger partial charge in [0.15, 0.2) is 34.0 Å². The van der Waals surface area contributed by atoms with Crippen molar-refractivity contribution in [3.8, 4) is 0 Å². The number of amides is 2. The van der Waals surface area contributed by atoms with Crippen LogP contribution < -0.4 is 70.8 Å². The smallest absolute Gasteiger partial charge is 0.300 e. The van der Waals surface area contributed by atoms with Crippen molar-refractivity contribution in [2.75, 3.05) is 82.2 Å². The number of benzene rings is 1. The number of aliphatic imine (C=N–C) groups is 2. The Hall–Kier alpha value is -5.88. The molecule has 7 aliphatic heterocycles. The molecule has 2 amide bonds. The third kappa shape index (κ3) is 11.7. The topological polar surface area (TPSA) is 346 Å². The molecule has 2 bridgehead atoms. The van der Waals surface area contributed by atoms with Crippen molar-refractivity contribution < 1.29 is 19.5 Å². The van der Waals surface area contributed by atoms with Crippen LogP contribution in [0.15, 0.2) is 63.4 Å². The number of para-hydroxylation sites is 1. The lowest BCUT2D eigenvalue weighted by Crippen LogP contribution is -2.62. The van der Waals surface area contributed by atoms with Crippen molar-refractivity contribution in [2.45, 2.75) is 55.4 Å². The van der Waals surface area contributed by atoms with E-state index in [1.807, 2.05) is 16.1 Å². The monoisotopic (exact) mass is 984 g/mol. The lowest BCUT2D eigenvalue weighted by atomic mass is 9.94. The van der Waals surface area contributed by atoms with Crippen molar-refractivity contribution in [1.29, 1.82) is 0 Å². The lowest BCUT2D eigenvalue weighted by Gasteiger charge is -2.46. The van der Waals surface area contributed by atoms with Crippen LogP contribution in [-0.4, -0.2) is 158 Å². The van der Waals surface area contributed by atoms with Gasteiger partial charge in [0, 0.05) is 83.9 Å². The van der Waals surface area contributed by atoms with Gasteiger partial charge in [0.1, 0.15) is 23.3 Å². The number of nitrogens with zero attached hydrogens (tertiary/aromatic N) is 12. The number of nitrogens with two attached hydrogens (primary N) is 4. The third-order valence-corrected chi connectivity index (χ3v) is 12.7. The van der Waals surface area contributed by atoms with Crippen molar-refractivity contribution >= 4 is 64.3 Å². The molecule has 27 nitrogen and oxygen atoms in total. The summed E-state index contributed by atoms with van der Waals surface area (Å²) in [7, 11) is 3.53. The van der Waals surface area contributed by atoms with Gasteiger partial charge in [-0.25, -0.2) is 46.7 Å². The number of hydrogen-bond donors (Lipinski definition) is 12. The number of alkyl halides is 2. The van der Waals surface area contributed by atoms with Gasteiger partial charge < -0.3 is 48.1 Å². The van der Waals surface area contributed by atoms with Crippen molar-refractivity contribution in [3.05, 3.63) is 72.1 Å². The van der Waals surface area contributed by atoms with E-state index < -0.39 is 28.8 Å². The molecule has 1 aromatic carbocycles. The van der Waals surface area contributed by atoms with Gasteiger partial charge in [0.2, 0.25) is 5.95 Å². The summed E-state index contributed by atoms with van der Waals surface area (Å²) in [4.78, 5) is 66.0. The molecular weight excluding hydrogens is 925 g/mol. The second-order valence-corrected chi connectivity index (χ2v) is 17.2. The Balaban J connectivity index is 0.00000165. The Morgan fingerprint density at radius 2 is 1.41 bits per heavy atom. The maximum atomic E-state index is 14.3. The molecule has 8 heterocycles. The molecule has 4 saturated heterocycles. The Bertz CT molecular complexity index is 2230. The molecule has 2 unspecified atom stereocenters. The average molecular weight is 986 g/mol. The highest BCUT2D eigenvalue weighted by atomic mass is 35.5. The molecular formula is C39H60Cl2N23O4. The highest BCUT2D eigenvalue weighted by Crippen LogP contribution is 2.36. The molecule has 16 N–H and O–H groups in total. The number of aliphatic carboxylic acids is 1. The van der Waals surface area contributed by atoms with Gasteiger partial charge in [0.25, 0.3) is 17.8 Å². The highest BCUT2D eigenvalue weighted by Gasteiger charge is 2.42. The fraction of sp³-hybridized carbons (Fsp3) is 0.513. The molecule has 0 saturated carbocycles. The summed E-state index contributed by atoms with van der Waals surface area (Å²) in [6, 6.07) is 10.4. The van der Waals surface area contributed by atoms with Crippen LogP contribution in [0.1, 0.15) is 56.1 Å². The van der Waals surface area contributed by atoms with E-state index in [4.69, 9.17) is 71.0 Å². The summed E-state index contributed by atoms with van der Waals surface area (Å²) >= 11 is 13.8. The minimum Gasteiger partial charge on any atom is -0.481 e. The van der Waals surface area contributed by atoms with Gasteiger partial charge in [0.05, 0.1) is 20.0 Å². The molecule has 1 aromatic heterocycles. The van der Waals surface area contributed by atoms with E-state index in [0.29, 0.717) is 75.3 Å². The first kappa shape index (κ1) is 50.0. The van der Waals surface area contributed by atoms with E-state index >= 15 is 0 Å². The second-order valence-electron chi connectivity index (χ2n) is 16.3. The molecule has 4 fully saturated rings. The van der Waals surface area contributed by atoms with Gasteiger partial charge in [-0.3, -0.25) is 24.4 Å². The highest BCUT2D eigenvalue weighted by molar-refractivity contribution is 6.32. The largest absolute Gasteiger partial charge is 0.481 e. The fourth-order valence-electron chi connectivity index (χ4n) is 8.63. The second kappa shape index (κ2) is 22.9. The molecule has 7 aliphatic rings. The van der Waals surface area contributed by atoms with Crippen LogP contribution in [0.4, 0.5) is 11.6 Å². The standard InChI is InChI=1S/C37H56Cl2N23O2.C2H4O2/c1-44-54-47-20-58-21-48-55-46-19-45-35-28(39)62(26(36(58)64)30(41)50-35)60-13-9-23(10-14-60)34-51-33(52-37(53-34)57-17-15-56(16-18-57)24-5-3-2-4-6-24)22-7-11-59(12-8-22)61-25(32(43)63)29(40)49-31(42)27(61)38;1-2(3)4/h2-6,22-23,27-28,44,46-48,54-55H,1,7-21,40-41H2,(H2,42,49)(H2,43,63)(H,45,50);1H3,(H,3,4). The number of halogens is 2. The fourth-order valence-corrected chi connectivity index (χ4v) is 9.25. The normalized spacial score (nSPS) is 23.1. The number of amidine groups is 2. The van der Waals surface area contributed by atoms with E-state index in [2.05, 4.69) is 89.2 Å². The minimum absolute atomic E-state index is 0.00672. The maximum absolute atomic E-state index is 14.3. The number of hydrogen-bond acceptors (Lipinski definition) is 24. The van der Waals surface area contributed by atoms with Crippen LogP contribution in [0.25, 0.3) is 0 Å². The van der Waals surface area contributed by atoms with E-state index in [0.717, 1.165) is 33.1 Å². The quantitative estimate of drug-likeness (QED) is 0.0463. The molecule has 2 aromatic rings. The number of nitrogens with one attached hydrogen (secondary N) is 7. The van der Waals surface area contributed by atoms with Crippen LogP contribution in [0.3, 0.4) is 0 Å². The number of primary amides is 1. The minimum atomic E-state index is -0.927.